The summed E-state index contributed by atoms with van der Waals surface area (Å²) in [7, 11) is 1.43. The first kappa shape index (κ1) is 15.8. The minimum Gasteiger partial charge on any atom is -0.496 e. The van der Waals surface area contributed by atoms with Crippen LogP contribution in [0, 0.1) is 5.82 Å². The van der Waals surface area contributed by atoms with Crippen LogP contribution in [0.3, 0.4) is 0 Å². The van der Waals surface area contributed by atoms with Crippen molar-refractivity contribution < 1.29 is 18.7 Å². The third-order valence-electron chi connectivity index (χ3n) is 2.98. The van der Waals surface area contributed by atoms with Gasteiger partial charge in [0.05, 0.1) is 19.3 Å². The Hall–Kier alpha value is -2.63. The highest BCUT2D eigenvalue weighted by Crippen LogP contribution is 2.20. The summed E-state index contributed by atoms with van der Waals surface area (Å²) in [5.41, 5.74) is 0.887. The van der Waals surface area contributed by atoms with E-state index in [2.05, 4.69) is 10.3 Å². The number of nitrogens with one attached hydrogen (secondary N) is 1. The molecule has 0 fully saturated rings. The van der Waals surface area contributed by atoms with Gasteiger partial charge in [-0.2, -0.15) is 0 Å². The molecule has 0 spiro atoms. The molecule has 0 saturated heterocycles. The number of ether oxygens (including phenoxy) is 2. The molecule has 116 valence electrons. The van der Waals surface area contributed by atoms with Gasteiger partial charge in [0.2, 0.25) is 5.88 Å². The number of amides is 1. The van der Waals surface area contributed by atoms with E-state index < -0.39 is 11.7 Å². The van der Waals surface area contributed by atoms with Gasteiger partial charge in [-0.25, -0.2) is 9.37 Å². The Morgan fingerprint density at radius 3 is 2.91 bits per heavy atom. The van der Waals surface area contributed by atoms with Gasteiger partial charge in [0.15, 0.2) is 0 Å². The Bertz CT molecular complexity index is 662. The number of benzene rings is 1. The van der Waals surface area contributed by atoms with Crippen LogP contribution in [-0.4, -0.2) is 24.6 Å². The summed E-state index contributed by atoms with van der Waals surface area (Å²) in [5, 5.41) is 2.71. The summed E-state index contributed by atoms with van der Waals surface area (Å²) in [5.74, 6) is -0.142. The van der Waals surface area contributed by atoms with Crippen LogP contribution >= 0.6 is 0 Å². The van der Waals surface area contributed by atoms with Gasteiger partial charge in [0.25, 0.3) is 5.91 Å². The Labute approximate surface area is 128 Å². The fourth-order valence-corrected chi connectivity index (χ4v) is 1.95. The number of carbonyl (C=O) groups excluding carboxylic acids is 1. The molecule has 1 heterocycles. The van der Waals surface area contributed by atoms with Crippen molar-refractivity contribution in [2.75, 3.05) is 13.7 Å². The molecule has 1 aromatic heterocycles. The fourth-order valence-electron chi connectivity index (χ4n) is 1.95. The van der Waals surface area contributed by atoms with Gasteiger partial charge in [-0.3, -0.25) is 4.79 Å². The molecule has 6 heteroatoms. The molecule has 0 aliphatic heterocycles. The zero-order chi connectivity index (χ0) is 15.9. The number of halogens is 1. The lowest BCUT2D eigenvalue weighted by Gasteiger charge is -2.11. The largest absolute Gasteiger partial charge is 0.496 e. The van der Waals surface area contributed by atoms with E-state index in [1.54, 1.807) is 18.3 Å². The number of rotatable bonds is 6. The van der Waals surface area contributed by atoms with Gasteiger partial charge in [-0.15, -0.1) is 0 Å². The summed E-state index contributed by atoms with van der Waals surface area (Å²) in [6.45, 7) is 2.56. The van der Waals surface area contributed by atoms with E-state index in [1.165, 1.54) is 19.2 Å². The van der Waals surface area contributed by atoms with E-state index in [1.807, 2.05) is 6.92 Å². The molecule has 0 atom stereocenters. The van der Waals surface area contributed by atoms with E-state index in [4.69, 9.17) is 9.47 Å². The van der Waals surface area contributed by atoms with Gasteiger partial charge < -0.3 is 14.8 Å². The molecule has 1 N–H and O–H groups in total. The topological polar surface area (TPSA) is 60.5 Å². The van der Waals surface area contributed by atoms with E-state index in [9.17, 15) is 9.18 Å². The predicted octanol–water partition coefficient (Wildman–Crippen LogP) is 2.56. The molecular formula is C16H17FN2O3. The van der Waals surface area contributed by atoms with Crippen molar-refractivity contribution in [3.63, 3.8) is 0 Å². The van der Waals surface area contributed by atoms with Crippen LogP contribution in [0.4, 0.5) is 4.39 Å². The van der Waals surface area contributed by atoms with Crippen LogP contribution < -0.4 is 14.8 Å². The lowest BCUT2D eigenvalue weighted by atomic mass is 10.1. The maximum Gasteiger partial charge on any atom is 0.255 e. The maximum atomic E-state index is 13.3. The number of hydrogen-bond donors (Lipinski definition) is 1. The zero-order valence-corrected chi connectivity index (χ0v) is 12.4. The predicted molar refractivity (Wildman–Crippen MR) is 79.5 cm³/mol. The molecule has 1 aromatic carbocycles. The second-order valence-electron chi connectivity index (χ2n) is 4.43. The Morgan fingerprint density at radius 1 is 1.36 bits per heavy atom. The fraction of sp³-hybridized carbons (Fsp3) is 0.250. The number of hydrogen-bond acceptors (Lipinski definition) is 4. The highest BCUT2D eigenvalue weighted by molar-refractivity contribution is 5.96. The summed E-state index contributed by atoms with van der Waals surface area (Å²) in [4.78, 5) is 16.3. The van der Waals surface area contributed by atoms with Crippen molar-refractivity contribution in [2.45, 2.75) is 13.5 Å². The van der Waals surface area contributed by atoms with E-state index >= 15 is 0 Å². The molecule has 0 saturated carbocycles. The minimum absolute atomic E-state index is 0.143. The molecule has 0 aliphatic carbocycles. The molecule has 2 rings (SSSR count). The van der Waals surface area contributed by atoms with Crippen molar-refractivity contribution in [1.29, 1.82) is 0 Å². The summed E-state index contributed by atoms with van der Waals surface area (Å²) < 4.78 is 23.8. The SMILES string of the molecule is CCOc1ncccc1CNC(=O)c1cc(F)ccc1OC. The summed E-state index contributed by atoms with van der Waals surface area (Å²) in [6.07, 6.45) is 1.62. The Morgan fingerprint density at radius 2 is 2.18 bits per heavy atom. The number of carbonyl (C=O) groups is 1. The standard InChI is InChI=1S/C16H17FN2O3/c1-3-22-16-11(5-4-8-18-16)10-19-15(20)13-9-12(17)6-7-14(13)21-2/h4-9H,3,10H2,1-2H3,(H,19,20). The van der Waals surface area contributed by atoms with Crippen molar-refractivity contribution in [2.24, 2.45) is 0 Å². The van der Waals surface area contributed by atoms with Crippen molar-refractivity contribution in [1.82, 2.24) is 10.3 Å². The smallest absolute Gasteiger partial charge is 0.255 e. The number of nitrogens with zero attached hydrogens (tertiary/aromatic N) is 1. The Balaban J connectivity index is 2.12. The third kappa shape index (κ3) is 3.72. The quantitative estimate of drug-likeness (QED) is 0.891. The average Bonchev–Trinajstić information content (AvgIpc) is 2.54. The second kappa shape index (κ2) is 7.40. The molecule has 1 amide bonds. The molecule has 22 heavy (non-hydrogen) atoms. The second-order valence-corrected chi connectivity index (χ2v) is 4.43. The van der Waals surface area contributed by atoms with Gasteiger partial charge in [-0.1, -0.05) is 6.07 Å². The van der Waals surface area contributed by atoms with Gasteiger partial charge in [0, 0.05) is 18.3 Å². The first-order chi connectivity index (χ1) is 10.7. The van der Waals surface area contributed by atoms with Crippen molar-refractivity contribution >= 4 is 5.91 Å². The first-order valence-electron chi connectivity index (χ1n) is 6.84. The van der Waals surface area contributed by atoms with Crippen molar-refractivity contribution in [3.8, 4) is 11.6 Å². The lowest BCUT2D eigenvalue weighted by Crippen LogP contribution is -2.24. The van der Waals surface area contributed by atoms with Gasteiger partial charge in [-0.05, 0) is 31.2 Å². The number of aromatic nitrogens is 1. The monoisotopic (exact) mass is 304 g/mol. The van der Waals surface area contributed by atoms with E-state index in [-0.39, 0.29) is 12.1 Å². The van der Waals surface area contributed by atoms with Crippen LogP contribution in [-0.2, 0) is 6.54 Å². The van der Waals surface area contributed by atoms with Gasteiger partial charge >= 0.3 is 0 Å². The molecule has 0 radical (unpaired) electrons. The normalized spacial score (nSPS) is 10.1. The average molecular weight is 304 g/mol. The van der Waals surface area contributed by atoms with E-state index in [0.717, 1.165) is 11.6 Å². The Kier molecular flexibility index (Phi) is 5.30. The van der Waals surface area contributed by atoms with Crippen molar-refractivity contribution in [3.05, 3.63) is 53.5 Å². The summed E-state index contributed by atoms with van der Waals surface area (Å²) in [6, 6.07) is 7.36. The van der Waals surface area contributed by atoms with Crippen LogP contribution in [0.15, 0.2) is 36.5 Å². The third-order valence-corrected chi connectivity index (χ3v) is 2.98. The zero-order valence-electron chi connectivity index (χ0n) is 12.4. The van der Waals surface area contributed by atoms with Crippen LogP contribution in [0.5, 0.6) is 11.6 Å². The number of methoxy groups -OCH3 is 1. The molecule has 0 aliphatic rings. The van der Waals surface area contributed by atoms with Crippen LogP contribution in [0.25, 0.3) is 0 Å². The maximum absolute atomic E-state index is 13.3. The minimum atomic E-state index is -0.498. The highest BCUT2D eigenvalue weighted by atomic mass is 19.1. The number of pyridine rings is 1. The molecule has 2 aromatic rings. The first-order valence-corrected chi connectivity index (χ1v) is 6.84. The molecule has 5 nitrogen and oxygen atoms in total. The van der Waals surface area contributed by atoms with Gasteiger partial charge in [0.1, 0.15) is 11.6 Å². The molecular weight excluding hydrogens is 287 g/mol. The molecule has 0 bridgehead atoms. The molecule has 0 unspecified atom stereocenters. The van der Waals surface area contributed by atoms with E-state index in [0.29, 0.717) is 18.2 Å². The lowest BCUT2D eigenvalue weighted by molar-refractivity contribution is 0.0947. The van der Waals surface area contributed by atoms with Crippen LogP contribution in [0.2, 0.25) is 0 Å². The van der Waals surface area contributed by atoms with Crippen LogP contribution in [0.1, 0.15) is 22.8 Å². The summed E-state index contributed by atoms with van der Waals surface area (Å²) >= 11 is 0. The highest BCUT2D eigenvalue weighted by Gasteiger charge is 2.14.